The molecule has 0 spiro atoms. The van der Waals surface area contributed by atoms with Gasteiger partial charge >= 0.3 is 5.97 Å². The van der Waals surface area contributed by atoms with Crippen molar-refractivity contribution in [2.45, 2.75) is 24.8 Å². The summed E-state index contributed by atoms with van der Waals surface area (Å²) in [5, 5.41) is 12.5. The van der Waals surface area contributed by atoms with E-state index in [1.165, 1.54) is 30.7 Å². The molecule has 7 nitrogen and oxygen atoms in total. The van der Waals surface area contributed by atoms with Gasteiger partial charge in [-0.1, -0.05) is 29.5 Å². The lowest BCUT2D eigenvalue weighted by Crippen LogP contribution is -2.04. The molecule has 3 rings (SSSR count). The van der Waals surface area contributed by atoms with Crippen molar-refractivity contribution in [3.63, 3.8) is 0 Å². The normalized spacial score (nSPS) is 10.8. The summed E-state index contributed by atoms with van der Waals surface area (Å²) < 4.78 is 11.6. The van der Waals surface area contributed by atoms with Crippen LogP contribution in [0.15, 0.2) is 40.1 Å². The molecule has 124 valence electrons. The van der Waals surface area contributed by atoms with Crippen LogP contribution in [-0.2, 0) is 10.5 Å². The maximum atomic E-state index is 11.7. The van der Waals surface area contributed by atoms with Crippen LogP contribution in [0.3, 0.4) is 0 Å². The maximum absolute atomic E-state index is 11.7. The van der Waals surface area contributed by atoms with Crippen LogP contribution in [0.5, 0.6) is 0 Å². The molecule has 2 aromatic heterocycles. The first-order valence-electron chi connectivity index (χ1n) is 7.23. The molecule has 0 radical (unpaired) electrons. The number of hydrogen-bond donors (Lipinski definition) is 0. The SMILES string of the molecule is COC(=O)c1occc1CSc1nnnn1-c1ccc(C)cc1C. The minimum Gasteiger partial charge on any atom is -0.463 e. The molecular weight excluding hydrogens is 328 g/mol. The first-order chi connectivity index (χ1) is 11.6. The summed E-state index contributed by atoms with van der Waals surface area (Å²) in [6.07, 6.45) is 1.47. The third-order valence-corrected chi connectivity index (χ3v) is 4.46. The smallest absolute Gasteiger partial charge is 0.374 e. The Morgan fingerprint density at radius 1 is 1.33 bits per heavy atom. The van der Waals surface area contributed by atoms with E-state index in [2.05, 4.69) is 21.6 Å². The molecule has 0 aliphatic rings. The van der Waals surface area contributed by atoms with Crippen LogP contribution in [0.4, 0.5) is 0 Å². The molecule has 3 aromatic rings. The standard InChI is InChI=1S/C16H16N4O3S/c1-10-4-5-13(11(2)8-10)20-16(17-18-19-20)24-9-12-6-7-23-14(12)15(21)22-3/h4-8H,9H2,1-3H3. The lowest BCUT2D eigenvalue weighted by atomic mass is 10.1. The average Bonchev–Trinajstić information content (AvgIpc) is 3.21. The van der Waals surface area contributed by atoms with Crippen LogP contribution in [0.2, 0.25) is 0 Å². The lowest BCUT2D eigenvalue weighted by molar-refractivity contribution is 0.0564. The summed E-state index contributed by atoms with van der Waals surface area (Å²) >= 11 is 1.42. The first-order valence-corrected chi connectivity index (χ1v) is 8.22. The molecule has 0 saturated carbocycles. The molecular formula is C16H16N4O3S. The first kappa shape index (κ1) is 16.3. The summed E-state index contributed by atoms with van der Waals surface area (Å²) in [5.41, 5.74) is 3.93. The largest absolute Gasteiger partial charge is 0.463 e. The minimum atomic E-state index is -0.496. The van der Waals surface area contributed by atoms with Crippen LogP contribution in [-0.4, -0.2) is 33.3 Å². The Morgan fingerprint density at radius 2 is 2.17 bits per heavy atom. The van der Waals surface area contributed by atoms with E-state index >= 15 is 0 Å². The van der Waals surface area contributed by atoms with Crippen molar-refractivity contribution in [1.82, 2.24) is 20.2 Å². The van der Waals surface area contributed by atoms with E-state index in [0.29, 0.717) is 10.9 Å². The van der Waals surface area contributed by atoms with E-state index in [0.717, 1.165) is 16.8 Å². The molecule has 0 bridgehead atoms. The highest BCUT2D eigenvalue weighted by molar-refractivity contribution is 7.98. The van der Waals surface area contributed by atoms with Gasteiger partial charge < -0.3 is 9.15 Å². The summed E-state index contributed by atoms with van der Waals surface area (Å²) in [5.74, 6) is 0.201. The Bertz CT molecular complexity index is 872. The fourth-order valence-electron chi connectivity index (χ4n) is 2.33. The van der Waals surface area contributed by atoms with Crippen molar-refractivity contribution in [3.05, 3.63) is 53.0 Å². The molecule has 0 N–H and O–H groups in total. The second-order valence-electron chi connectivity index (χ2n) is 5.22. The number of methoxy groups -OCH3 is 1. The Balaban J connectivity index is 1.82. The van der Waals surface area contributed by atoms with Gasteiger partial charge in [0.2, 0.25) is 10.9 Å². The Kier molecular flexibility index (Phi) is 4.66. The van der Waals surface area contributed by atoms with Gasteiger partial charge in [-0.25, -0.2) is 4.79 Å². The zero-order valence-corrected chi connectivity index (χ0v) is 14.3. The van der Waals surface area contributed by atoms with Gasteiger partial charge in [-0.15, -0.1) is 5.10 Å². The second-order valence-corrected chi connectivity index (χ2v) is 6.16. The molecule has 0 saturated heterocycles. The molecule has 0 amide bonds. The zero-order valence-electron chi connectivity index (χ0n) is 13.5. The number of ether oxygens (including phenoxy) is 1. The number of hydrogen-bond acceptors (Lipinski definition) is 7. The van der Waals surface area contributed by atoms with Gasteiger partial charge in [0, 0.05) is 11.3 Å². The van der Waals surface area contributed by atoms with E-state index in [-0.39, 0.29) is 5.76 Å². The Morgan fingerprint density at radius 3 is 2.92 bits per heavy atom. The molecule has 0 atom stereocenters. The van der Waals surface area contributed by atoms with Crippen molar-refractivity contribution in [3.8, 4) is 5.69 Å². The fourth-order valence-corrected chi connectivity index (χ4v) is 3.19. The van der Waals surface area contributed by atoms with E-state index in [9.17, 15) is 4.79 Å². The van der Waals surface area contributed by atoms with Crippen LogP contribution < -0.4 is 0 Å². The van der Waals surface area contributed by atoms with Gasteiger partial charge in [0.1, 0.15) is 0 Å². The third kappa shape index (κ3) is 3.18. The number of benzene rings is 1. The van der Waals surface area contributed by atoms with Gasteiger partial charge in [-0.2, -0.15) is 4.68 Å². The highest BCUT2D eigenvalue weighted by atomic mass is 32.2. The fraction of sp³-hybridized carbons (Fsp3) is 0.250. The molecule has 0 aliphatic carbocycles. The quantitative estimate of drug-likeness (QED) is 0.520. The zero-order chi connectivity index (χ0) is 17.1. The summed E-state index contributed by atoms with van der Waals surface area (Å²) in [7, 11) is 1.32. The highest BCUT2D eigenvalue weighted by Crippen LogP contribution is 2.26. The highest BCUT2D eigenvalue weighted by Gasteiger charge is 2.18. The van der Waals surface area contributed by atoms with Crippen molar-refractivity contribution >= 4 is 17.7 Å². The van der Waals surface area contributed by atoms with Crippen LogP contribution >= 0.6 is 11.8 Å². The maximum Gasteiger partial charge on any atom is 0.374 e. The van der Waals surface area contributed by atoms with Crippen LogP contribution in [0, 0.1) is 13.8 Å². The van der Waals surface area contributed by atoms with Crippen molar-refractivity contribution in [1.29, 1.82) is 0 Å². The number of furan rings is 1. The second kappa shape index (κ2) is 6.88. The van der Waals surface area contributed by atoms with Gasteiger partial charge in [-0.3, -0.25) is 0 Å². The molecule has 1 aromatic carbocycles. The number of carbonyl (C=O) groups is 1. The van der Waals surface area contributed by atoms with Gasteiger partial charge in [0.05, 0.1) is 19.1 Å². The van der Waals surface area contributed by atoms with Crippen LogP contribution in [0.25, 0.3) is 5.69 Å². The number of aromatic nitrogens is 4. The van der Waals surface area contributed by atoms with Gasteiger partial charge in [0.15, 0.2) is 0 Å². The predicted molar refractivity (Wildman–Crippen MR) is 88.2 cm³/mol. The molecule has 2 heterocycles. The predicted octanol–water partition coefficient (Wildman–Crippen LogP) is 2.95. The summed E-state index contributed by atoms with van der Waals surface area (Å²) in [6, 6.07) is 7.83. The molecule has 0 fully saturated rings. The van der Waals surface area contributed by atoms with E-state index in [1.54, 1.807) is 10.7 Å². The van der Waals surface area contributed by atoms with E-state index in [1.807, 2.05) is 26.0 Å². The Labute approximate surface area is 143 Å². The minimum absolute atomic E-state index is 0.204. The molecule has 24 heavy (non-hydrogen) atoms. The van der Waals surface area contributed by atoms with E-state index < -0.39 is 5.97 Å². The Hall–Kier alpha value is -2.61. The number of tetrazole rings is 1. The molecule has 0 aliphatic heterocycles. The number of rotatable bonds is 5. The van der Waals surface area contributed by atoms with Crippen molar-refractivity contribution in [2.24, 2.45) is 0 Å². The number of esters is 1. The third-order valence-electron chi connectivity index (χ3n) is 3.50. The number of aryl methyl sites for hydroxylation is 2. The van der Waals surface area contributed by atoms with Crippen molar-refractivity contribution < 1.29 is 13.9 Å². The average molecular weight is 344 g/mol. The molecule has 8 heteroatoms. The van der Waals surface area contributed by atoms with Gasteiger partial charge in [-0.05, 0) is 42.0 Å². The lowest BCUT2D eigenvalue weighted by Gasteiger charge is -2.08. The van der Waals surface area contributed by atoms with E-state index in [4.69, 9.17) is 9.15 Å². The number of carbonyl (C=O) groups excluding carboxylic acids is 1. The molecule has 0 unspecified atom stereocenters. The topological polar surface area (TPSA) is 83.0 Å². The van der Waals surface area contributed by atoms with Crippen LogP contribution in [0.1, 0.15) is 27.2 Å². The number of thioether (sulfide) groups is 1. The monoisotopic (exact) mass is 344 g/mol. The summed E-state index contributed by atoms with van der Waals surface area (Å²) in [4.78, 5) is 11.7. The van der Waals surface area contributed by atoms with Gasteiger partial charge in [0.25, 0.3) is 0 Å². The summed E-state index contributed by atoms with van der Waals surface area (Å²) in [6.45, 7) is 4.06. The number of nitrogens with zero attached hydrogens (tertiary/aromatic N) is 4. The van der Waals surface area contributed by atoms with Crippen molar-refractivity contribution in [2.75, 3.05) is 7.11 Å².